The van der Waals surface area contributed by atoms with Crippen molar-refractivity contribution in [2.24, 2.45) is 5.92 Å². The number of benzene rings is 1. The Hall–Kier alpha value is -0.660. The van der Waals surface area contributed by atoms with Crippen molar-refractivity contribution in [3.05, 3.63) is 47.5 Å². The van der Waals surface area contributed by atoms with Gasteiger partial charge in [-0.05, 0) is 39.2 Å². The fraction of sp³-hybridized carbons (Fsp3) is 0.500. The fourth-order valence-corrected chi connectivity index (χ4v) is 3.47. The molecular weight excluding hydrogens is 349 g/mol. The molecule has 1 amide bonds. The van der Waals surface area contributed by atoms with Gasteiger partial charge in [0, 0.05) is 5.54 Å². The van der Waals surface area contributed by atoms with Crippen LogP contribution in [-0.4, -0.2) is 30.2 Å². The molecule has 2 unspecified atom stereocenters. The number of amides is 1. The number of allylic oxidation sites excluding steroid dienone is 1. The van der Waals surface area contributed by atoms with Crippen molar-refractivity contribution < 1.29 is 47.3 Å². The minimum Gasteiger partial charge on any atom is -0.748 e. The summed E-state index contributed by atoms with van der Waals surface area (Å²) in [6.45, 7) is 8.75. The van der Waals surface area contributed by atoms with Gasteiger partial charge in [0.1, 0.15) is 0 Å². The van der Waals surface area contributed by atoms with Crippen LogP contribution in [0.15, 0.2) is 42.0 Å². The number of carbonyl (C=O) groups excluding carboxylic acids is 1. The molecule has 0 saturated heterocycles. The van der Waals surface area contributed by atoms with Gasteiger partial charge in [-0.25, -0.2) is 8.42 Å². The molecule has 0 bridgehead atoms. The molecule has 1 aromatic carbocycles. The molecule has 1 rings (SSSR count). The van der Waals surface area contributed by atoms with Crippen molar-refractivity contribution in [3.63, 3.8) is 0 Å². The quantitative estimate of drug-likeness (QED) is 0.407. The molecule has 0 heterocycles. The number of carbonyl (C=O) groups is 1. The summed E-state index contributed by atoms with van der Waals surface area (Å²) in [6.07, 6.45) is 2.02. The molecular formula is C18H26NNaO4S. The van der Waals surface area contributed by atoms with Gasteiger partial charge in [0.05, 0.1) is 21.8 Å². The molecule has 0 radical (unpaired) electrons. The summed E-state index contributed by atoms with van der Waals surface area (Å²) in [5.41, 5.74) is 0.948. The average Bonchev–Trinajstić information content (AvgIpc) is 2.43. The SMILES string of the molecule is CC(=CC(C)c1ccccc1)C(C)C(=O)NC(C)(C)CS(=O)(=O)[O-].[Na+]. The second-order valence-electron chi connectivity index (χ2n) is 6.91. The first kappa shape index (κ1) is 24.3. The number of hydrogen-bond acceptors (Lipinski definition) is 4. The topological polar surface area (TPSA) is 86.3 Å². The van der Waals surface area contributed by atoms with E-state index in [9.17, 15) is 17.8 Å². The molecule has 0 spiro atoms. The molecule has 1 aromatic rings. The van der Waals surface area contributed by atoms with Crippen LogP contribution in [0.3, 0.4) is 0 Å². The third-order valence-electron chi connectivity index (χ3n) is 3.91. The van der Waals surface area contributed by atoms with E-state index in [0.717, 1.165) is 11.1 Å². The molecule has 0 aliphatic rings. The Morgan fingerprint density at radius 3 is 2.24 bits per heavy atom. The van der Waals surface area contributed by atoms with E-state index >= 15 is 0 Å². The van der Waals surface area contributed by atoms with Gasteiger partial charge in [-0.15, -0.1) is 0 Å². The first-order chi connectivity index (χ1) is 10.9. The third kappa shape index (κ3) is 9.01. The van der Waals surface area contributed by atoms with E-state index < -0.39 is 27.3 Å². The smallest absolute Gasteiger partial charge is 0.748 e. The number of hydrogen-bond donors (Lipinski definition) is 1. The standard InChI is InChI=1S/C18H27NO4S.Na/c1-13(11-14(2)16-9-7-6-8-10-16)15(3)17(20)19-18(4,5)12-24(21,22)23;/h6-11,14-15H,12H2,1-5H3,(H,19,20)(H,21,22,23);/q;+1/p-1. The van der Waals surface area contributed by atoms with Crippen molar-refractivity contribution >= 4 is 16.0 Å². The van der Waals surface area contributed by atoms with Crippen LogP contribution in [0.5, 0.6) is 0 Å². The van der Waals surface area contributed by atoms with Crippen LogP contribution >= 0.6 is 0 Å². The largest absolute Gasteiger partial charge is 1.00 e. The van der Waals surface area contributed by atoms with Crippen molar-refractivity contribution in [2.75, 3.05) is 5.75 Å². The van der Waals surface area contributed by atoms with E-state index in [1.165, 1.54) is 13.8 Å². The van der Waals surface area contributed by atoms with Crippen LogP contribution in [-0.2, 0) is 14.9 Å². The second kappa shape index (κ2) is 9.88. The maximum absolute atomic E-state index is 12.4. The summed E-state index contributed by atoms with van der Waals surface area (Å²) < 4.78 is 32.7. The van der Waals surface area contributed by atoms with Crippen LogP contribution in [0.4, 0.5) is 0 Å². The van der Waals surface area contributed by atoms with Gasteiger partial charge in [-0.1, -0.05) is 48.9 Å². The zero-order valence-corrected chi connectivity index (χ0v) is 18.7. The first-order valence-corrected chi connectivity index (χ1v) is 9.48. The van der Waals surface area contributed by atoms with E-state index in [1.54, 1.807) is 6.92 Å². The predicted molar refractivity (Wildman–Crippen MR) is 94.6 cm³/mol. The van der Waals surface area contributed by atoms with E-state index in [1.807, 2.05) is 43.3 Å². The number of rotatable bonds is 7. The molecule has 0 aromatic heterocycles. The summed E-state index contributed by atoms with van der Waals surface area (Å²) in [5, 5.41) is 2.65. The van der Waals surface area contributed by atoms with Crippen LogP contribution < -0.4 is 34.9 Å². The normalized spacial score (nSPS) is 15.0. The maximum atomic E-state index is 12.4. The second-order valence-corrected chi connectivity index (χ2v) is 8.31. The van der Waals surface area contributed by atoms with Gasteiger partial charge in [0.25, 0.3) is 0 Å². The molecule has 2 atom stereocenters. The molecule has 7 heteroatoms. The molecule has 25 heavy (non-hydrogen) atoms. The Bertz CT molecular complexity index is 699. The minimum absolute atomic E-state index is 0. The van der Waals surface area contributed by atoms with Crippen LogP contribution in [0, 0.1) is 5.92 Å². The number of nitrogens with one attached hydrogen (secondary N) is 1. The Morgan fingerprint density at radius 1 is 1.24 bits per heavy atom. The van der Waals surface area contributed by atoms with E-state index in [-0.39, 0.29) is 41.4 Å². The molecule has 0 aliphatic heterocycles. The average molecular weight is 375 g/mol. The molecule has 1 N–H and O–H groups in total. The Labute approximate surface area is 173 Å². The van der Waals surface area contributed by atoms with E-state index in [2.05, 4.69) is 12.2 Å². The van der Waals surface area contributed by atoms with Gasteiger partial charge in [0.2, 0.25) is 5.91 Å². The van der Waals surface area contributed by atoms with Crippen LogP contribution in [0.1, 0.15) is 46.1 Å². The van der Waals surface area contributed by atoms with Gasteiger partial charge < -0.3 is 9.87 Å². The Kier molecular flexibility index (Phi) is 9.62. The van der Waals surface area contributed by atoms with Crippen molar-refractivity contribution in [2.45, 2.75) is 46.1 Å². The Balaban J connectivity index is 0.00000576. The molecule has 5 nitrogen and oxygen atoms in total. The van der Waals surface area contributed by atoms with E-state index in [0.29, 0.717) is 0 Å². The zero-order chi connectivity index (χ0) is 18.5. The summed E-state index contributed by atoms with van der Waals surface area (Å²) in [7, 11) is -4.41. The van der Waals surface area contributed by atoms with Crippen molar-refractivity contribution in [1.82, 2.24) is 5.32 Å². The molecule has 0 aliphatic carbocycles. The van der Waals surface area contributed by atoms with Crippen LogP contribution in [0.2, 0.25) is 0 Å². The monoisotopic (exact) mass is 375 g/mol. The summed E-state index contributed by atoms with van der Waals surface area (Å²) in [6, 6.07) is 9.95. The molecule has 0 saturated carbocycles. The van der Waals surface area contributed by atoms with Gasteiger partial charge >= 0.3 is 29.6 Å². The zero-order valence-electron chi connectivity index (χ0n) is 15.9. The molecule has 134 valence electrons. The third-order valence-corrected chi connectivity index (χ3v) is 4.99. The predicted octanol–water partition coefficient (Wildman–Crippen LogP) is -0.183. The van der Waals surface area contributed by atoms with Crippen LogP contribution in [0.25, 0.3) is 0 Å². The van der Waals surface area contributed by atoms with Crippen molar-refractivity contribution in [1.29, 1.82) is 0 Å². The van der Waals surface area contributed by atoms with Gasteiger partial charge in [0.15, 0.2) is 0 Å². The molecule has 0 fully saturated rings. The van der Waals surface area contributed by atoms with Crippen molar-refractivity contribution in [3.8, 4) is 0 Å². The Morgan fingerprint density at radius 2 is 1.76 bits per heavy atom. The van der Waals surface area contributed by atoms with Gasteiger partial charge in [-0.2, -0.15) is 0 Å². The van der Waals surface area contributed by atoms with Gasteiger partial charge in [-0.3, -0.25) is 4.79 Å². The summed E-state index contributed by atoms with van der Waals surface area (Å²) in [4.78, 5) is 12.4. The minimum atomic E-state index is -4.41. The summed E-state index contributed by atoms with van der Waals surface area (Å²) >= 11 is 0. The summed E-state index contributed by atoms with van der Waals surface area (Å²) in [5.74, 6) is -1.18. The van der Waals surface area contributed by atoms with E-state index in [4.69, 9.17) is 0 Å². The maximum Gasteiger partial charge on any atom is 1.00 e. The first-order valence-electron chi connectivity index (χ1n) is 7.90. The fourth-order valence-electron chi connectivity index (χ4n) is 2.52.